The minimum atomic E-state index is -0.206. The lowest BCUT2D eigenvalue weighted by Gasteiger charge is -2.24. The van der Waals surface area contributed by atoms with Gasteiger partial charge in [0.25, 0.3) is 0 Å². The Morgan fingerprint density at radius 1 is 1.08 bits per heavy atom. The summed E-state index contributed by atoms with van der Waals surface area (Å²) >= 11 is 0. The van der Waals surface area contributed by atoms with Gasteiger partial charge in [-0.1, -0.05) is 12.1 Å². The first-order valence-electron chi connectivity index (χ1n) is 8.62. The Morgan fingerprint density at radius 3 is 2.77 bits per heavy atom. The molecule has 0 bridgehead atoms. The molecule has 4 rings (SSSR count). The molecular weight excluding hydrogens is 331 g/mol. The minimum Gasteiger partial charge on any atom is -0.307 e. The summed E-state index contributed by atoms with van der Waals surface area (Å²) in [7, 11) is 0. The first-order chi connectivity index (χ1) is 12.8. The van der Waals surface area contributed by atoms with E-state index in [1.807, 2.05) is 18.2 Å². The molecule has 0 saturated carbocycles. The standard InChI is InChI=1S/C19H19FN6/c20-15-5-3-14(4-6-15)13-26-11-1-2-17(26)16-7-8-23-19(24-16)25-18-12-21-9-10-22-18/h3-10,12,17H,1-2,11,13H2,(H,22,23,24,25). The Hall–Kier alpha value is -2.93. The Bertz CT molecular complexity index is 855. The molecule has 3 heterocycles. The highest BCUT2D eigenvalue weighted by molar-refractivity contribution is 5.45. The maximum Gasteiger partial charge on any atom is 0.228 e. The van der Waals surface area contributed by atoms with Crippen LogP contribution in [0, 0.1) is 5.82 Å². The van der Waals surface area contributed by atoms with E-state index in [2.05, 4.69) is 30.2 Å². The lowest BCUT2D eigenvalue weighted by atomic mass is 10.1. The van der Waals surface area contributed by atoms with Gasteiger partial charge in [0.15, 0.2) is 5.82 Å². The summed E-state index contributed by atoms with van der Waals surface area (Å²) < 4.78 is 13.1. The van der Waals surface area contributed by atoms with Crippen molar-refractivity contribution in [2.24, 2.45) is 0 Å². The number of likely N-dealkylation sites (tertiary alicyclic amines) is 1. The fourth-order valence-corrected chi connectivity index (χ4v) is 3.27. The zero-order valence-electron chi connectivity index (χ0n) is 14.2. The predicted octanol–water partition coefficient (Wildman–Crippen LogP) is 3.49. The second-order valence-corrected chi connectivity index (χ2v) is 6.28. The summed E-state index contributed by atoms with van der Waals surface area (Å²) in [6.45, 7) is 1.78. The third kappa shape index (κ3) is 3.83. The quantitative estimate of drug-likeness (QED) is 0.760. The van der Waals surface area contributed by atoms with Crippen LogP contribution < -0.4 is 5.32 Å². The number of hydrogen-bond acceptors (Lipinski definition) is 6. The molecular formula is C19H19FN6. The van der Waals surface area contributed by atoms with Crippen LogP contribution in [0.2, 0.25) is 0 Å². The summed E-state index contributed by atoms with van der Waals surface area (Å²) in [5.41, 5.74) is 2.08. The number of hydrogen-bond donors (Lipinski definition) is 1. The van der Waals surface area contributed by atoms with Gasteiger partial charge in [0.2, 0.25) is 5.95 Å². The van der Waals surface area contributed by atoms with E-state index < -0.39 is 0 Å². The van der Waals surface area contributed by atoms with Gasteiger partial charge < -0.3 is 5.32 Å². The zero-order chi connectivity index (χ0) is 17.8. The number of aromatic nitrogens is 4. The van der Waals surface area contributed by atoms with E-state index in [-0.39, 0.29) is 11.9 Å². The number of rotatable bonds is 5. The number of nitrogens with zero attached hydrogens (tertiary/aromatic N) is 5. The Labute approximate surface area is 151 Å². The zero-order valence-corrected chi connectivity index (χ0v) is 14.2. The van der Waals surface area contributed by atoms with E-state index >= 15 is 0 Å². The third-order valence-corrected chi connectivity index (χ3v) is 4.48. The molecule has 7 heteroatoms. The maximum absolute atomic E-state index is 13.1. The number of anilines is 2. The molecule has 1 aromatic carbocycles. The van der Waals surface area contributed by atoms with Crippen LogP contribution in [0.5, 0.6) is 0 Å². The largest absolute Gasteiger partial charge is 0.307 e. The normalized spacial score (nSPS) is 17.3. The van der Waals surface area contributed by atoms with E-state index in [1.165, 1.54) is 12.1 Å². The first-order valence-corrected chi connectivity index (χ1v) is 8.62. The average Bonchev–Trinajstić information content (AvgIpc) is 3.13. The molecule has 3 aromatic rings. The molecule has 132 valence electrons. The SMILES string of the molecule is Fc1ccc(CN2CCCC2c2ccnc(Nc3cnccn3)n2)cc1. The van der Waals surface area contributed by atoms with Crippen molar-refractivity contribution in [3.05, 3.63) is 72.2 Å². The summed E-state index contributed by atoms with van der Waals surface area (Å²) in [5, 5.41) is 3.08. The van der Waals surface area contributed by atoms with Gasteiger partial charge in [-0.2, -0.15) is 0 Å². The fourth-order valence-electron chi connectivity index (χ4n) is 3.27. The molecule has 0 amide bonds. The third-order valence-electron chi connectivity index (χ3n) is 4.48. The number of halogens is 1. The second kappa shape index (κ2) is 7.53. The van der Waals surface area contributed by atoms with E-state index in [4.69, 9.17) is 0 Å². The van der Waals surface area contributed by atoms with E-state index in [1.54, 1.807) is 24.8 Å². The first kappa shape index (κ1) is 16.5. The molecule has 1 unspecified atom stereocenters. The van der Waals surface area contributed by atoms with Crippen LogP contribution >= 0.6 is 0 Å². The van der Waals surface area contributed by atoms with Crippen LogP contribution in [-0.4, -0.2) is 31.4 Å². The molecule has 1 aliphatic rings. The van der Waals surface area contributed by atoms with Crippen molar-refractivity contribution < 1.29 is 4.39 Å². The highest BCUT2D eigenvalue weighted by atomic mass is 19.1. The molecule has 1 saturated heterocycles. The van der Waals surface area contributed by atoms with Crippen LogP contribution in [0.1, 0.15) is 30.1 Å². The molecule has 2 aromatic heterocycles. The van der Waals surface area contributed by atoms with Gasteiger partial charge in [-0.05, 0) is 43.1 Å². The Balaban J connectivity index is 1.50. The van der Waals surface area contributed by atoms with Crippen molar-refractivity contribution in [2.75, 3.05) is 11.9 Å². The monoisotopic (exact) mass is 350 g/mol. The molecule has 1 atom stereocenters. The average molecular weight is 350 g/mol. The molecule has 6 nitrogen and oxygen atoms in total. The molecule has 0 spiro atoms. The summed E-state index contributed by atoms with van der Waals surface area (Å²) in [4.78, 5) is 19.5. The molecule has 1 aliphatic heterocycles. The van der Waals surface area contributed by atoms with Crippen LogP contribution in [0.15, 0.2) is 55.1 Å². The van der Waals surface area contributed by atoms with Crippen LogP contribution in [-0.2, 0) is 6.54 Å². The van der Waals surface area contributed by atoms with Gasteiger partial charge in [0, 0.05) is 25.1 Å². The van der Waals surface area contributed by atoms with E-state index in [0.29, 0.717) is 11.8 Å². The summed E-state index contributed by atoms with van der Waals surface area (Å²) in [6.07, 6.45) is 8.79. The van der Waals surface area contributed by atoms with Crippen molar-refractivity contribution >= 4 is 11.8 Å². The summed E-state index contributed by atoms with van der Waals surface area (Å²) in [6, 6.07) is 8.88. The number of nitrogens with one attached hydrogen (secondary N) is 1. The minimum absolute atomic E-state index is 0.206. The molecule has 0 radical (unpaired) electrons. The van der Waals surface area contributed by atoms with Gasteiger partial charge in [-0.15, -0.1) is 0 Å². The van der Waals surface area contributed by atoms with Crippen molar-refractivity contribution in [1.82, 2.24) is 24.8 Å². The highest BCUT2D eigenvalue weighted by Gasteiger charge is 2.27. The summed E-state index contributed by atoms with van der Waals surface area (Å²) in [5.74, 6) is 0.915. The Morgan fingerprint density at radius 2 is 1.96 bits per heavy atom. The predicted molar refractivity (Wildman–Crippen MR) is 96.1 cm³/mol. The van der Waals surface area contributed by atoms with Gasteiger partial charge >= 0.3 is 0 Å². The Kier molecular flexibility index (Phi) is 4.79. The van der Waals surface area contributed by atoms with Crippen LogP contribution in [0.3, 0.4) is 0 Å². The van der Waals surface area contributed by atoms with E-state index in [0.717, 1.165) is 37.2 Å². The van der Waals surface area contributed by atoms with Crippen LogP contribution in [0.4, 0.5) is 16.2 Å². The fraction of sp³-hybridized carbons (Fsp3) is 0.263. The number of benzene rings is 1. The molecule has 1 N–H and O–H groups in total. The van der Waals surface area contributed by atoms with Gasteiger partial charge in [-0.25, -0.2) is 19.3 Å². The van der Waals surface area contributed by atoms with Crippen molar-refractivity contribution in [3.63, 3.8) is 0 Å². The lowest BCUT2D eigenvalue weighted by Crippen LogP contribution is -2.23. The molecule has 0 aliphatic carbocycles. The van der Waals surface area contributed by atoms with E-state index in [9.17, 15) is 4.39 Å². The van der Waals surface area contributed by atoms with Crippen molar-refractivity contribution in [3.8, 4) is 0 Å². The topological polar surface area (TPSA) is 66.8 Å². The molecule has 26 heavy (non-hydrogen) atoms. The smallest absolute Gasteiger partial charge is 0.228 e. The second-order valence-electron chi connectivity index (χ2n) is 6.28. The highest BCUT2D eigenvalue weighted by Crippen LogP contribution is 2.32. The lowest BCUT2D eigenvalue weighted by molar-refractivity contribution is 0.244. The molecule has 1 fully saturated rings. The van der Waals surface area contributed by atoms with Crippen LogP contribution in [0.25, 0.3) is 0 Å². The van der Waals surface area contributed by atoms with Crippen molar-refractivity contribution in [2.45, 2.75) is 25.4 Å². The van der Waals surface area contributed by atoms with Crippen molar-refractivity contribution in [1.29, 1.82) is 0 Å². The van der Waals surface area contributed by atoms with Gasteiger partial charge in [0.1, 0.15) is 5.82 Å². The maximum atomic E-state index is 13.1. The van der Waals surface area contributed by atoms with Gasteiger partial charge in [0.05, 0.1) is 17.9 Å². The van der Waals surface area contributed by atoms with Gasteiger partial charge in [-0.3, -0.25) is 9.88 Å².